The van der Waals surface area contributed by atoms with Crippen molar-refractivity contribution in [3.8, 4) is 23.7 Å². The van der Waals surface area contributed by atoms with Gasteiger partial charge in [0.1, 0.15) is 11.6 Å². The minimum atomic E-state index is -0.983. The number of carbonyl (C=O) groups is 2. The van der Waals surface area contributed by atoms with Gasteiger partial charge in [-0.15, -0.1) is 0 Å². The Bertz CT molecular complexity index is 2130. The van der Waals surface area contributed by atoms with Crippen LogP contribution < -0.4 is 11.1 Å². The van der Waals surface area contributed by atoms with E-state index in [1.165, 1.54) is 75.6 Å². The summed E-state index contributed by atoms with van der Waals surface area (Å²) in [5.41, 5.74) is 9.40. The third-order valence-electron chi connectivity index (χ3n) is 11.7. The number of nitrogens with one attached hydrogen (secondary N) is 1. The van der Waals surface area contributed by atoms with Crippen molar-refractivity contribution in [3.63, 3.8) is 0 Å². The highest BCUT2D eigenvalue weighted by molar-refractivity contribution is 5.94. The molecule has 2 heterocycles. The molecule has 59 heavy (non-hydrogen) atoms. The summed E-state index contributed by atoms with van der Waals surface area (Å²) in [6.45, 7) is 5.02. The van der Waals surface area contributed by atoms with Crippen LogP contribution >= 0.6 is 0 Å². The number of aromatic carboxylic acids is 1. The molecule has 0 spiro atoms. The van der Waals surface area contributed by atoms with Gasteiger partial charge < -0.3 is 25.6 Å². The second kappa shape index (κ2) is 21.1. The molecule has 0 bridgehead atoms. The molecule has 308 valence electrons. The van der Waals surface area contributed by atoms with Crippen molar-refractivity contribution in [2.75, 3.05) is 39.5 Å². The first-order chi connectivity index (χ1) is 28.6. The van der Waals surface area contributed by atoms with Gasteiger partial charge in [-0.1, -0.05) is 73.6 Å². The summed E-state index contributed by atoms with van der Waals surface area (Å²) in [5, 5.41) is 11.9. The molecule has 0 atom stereocenters. The van der Waals surface area contributed by atoms with Gasteiger partial charge in [0.05, 0.1) is 16.7 Å². The number of carbonyl (C=O) groups excluding carboxylic acids is 1. The highest BCUT2D eigenvalue weighted by Gasteiger charge is 2.39. The largest absolute Gasteiger partial charge is 0.478 e. The second-order valence-electron chi connectivity index (χ2n) is 16.3. The molecule has 2 saturated carbocycles. The molecular formula is C50H54F2N2O5. The molecule has 0 aromatic heterocycles. The predicted octanol–water partition coefficient (Wildman–Crippen LogP) is 9.02. The Kier molecular flexibility index (Phi) is 15.5. The maximum absolute atomic E-state index is 13.7. The van der Waals surface area contributed by atoms with Gasteiger partial charge in [-0.05, 0) is 141 Å². The first kappa shape index (κ1) is 43.3. The lowest BCUT2D eigenvalue weighted by atomic mass is 9.75. The Hall–Kier alpha value is -5.32. The zero-order valence-electron chi connectivity index (χ0n) is 33.6. The average molecular weight is 801 g/mol. The topological polar surface area (TPSA) is 111 Å². The third-order valence-corrected chi connectivity index (χ3v) is 11.7. The smallest absolute Gasteiger partial charge is 0.335 e. The minimum absolute atomic E-state index is 0.0553. The van der Waals surface area contributed by atoms with E-state index in [2.05, 4.69) is 29.0 Å². The lowest BCUT2D eigenvalue weighted by Gasteiger charge is -2.37. The fourth-order valence-corrected chi connectivity index (χ4v) is 7.60. The van der Waals surface area contributed by atoms with Gasteiger partial charge in [-0.25, -0.2) is 13.6 Å². The first-order valence-electron chi connectivity index (χ1n) is 20.8. The monoisotopic (exact) mass is 800 g/mol. The molecule has 7 nitrogen and oxygen atoms in total. The Morgan fingerprint density at radius 1 is 0.627 bits per heavy atom. The summed E-state index contributed by atoms with van der Waals surface area (Å²) < 4.78 is 37.9. The van der Waals surface area contributed by atoms with E-state index < -0.39 is 5.97 Å². The summed E-state index contributed by atoms with van der Waals surface area (Å²) in [5.74, 6) is 11.4. The van der Waals surface area contributed by atoms with Crippen molar-refractivity contribution in [3.05, 3.63) is 142 Å². The summed E-state index contributed by atoms with van der Waals surface area (Å²) in [7, 11) is 0. The van der Waals surface area contributed by atoms with Crippen LogP contribution in [0.3, 0.4) is 0 Å². The fourth-order valence-electron chi connectivity index (χ4n) is 7.60. The Labute approximate surface area is 347 Å². The van der Waals surface area contributed by atoms with E-state index in [4.69, 9.17) is 20.3 Å². The Morgan fingerprint density at radius 3 is 1.47 bits per heavy atom. The van der Waals surface area contributed by atoms with E-state index in [0.29, 0.717) is 34.2 Å². The van der Waals surface area contributed by atoms with E-state index in [0.717, 1.165) is 63.2 Å². The molecule has 4 fully saturated rings. The Morgan fingerprint density at radius 2 is 1.05 bits per heavy atom. The van der Waals surface area contributed by atoms with Crippen molar-refractivity contribution in [2.45, 2.75) is 64.2 Å². The molecule has 4 aromatic rings. The zero-order chi connectivity index (χ0) is 41.5. The van der Waals surface area contributed by atoms with Crippen LogP contribution in [0.15, 0.2) is 97.1 Å². The molecule has 4 aromatic carbocycles. The molecule has 9 heteroatoms. The van der Waals surface area contributed by atoms with E-state index in [-0.39, 0.29) is 28.5 Å². The van der Waals surface area contributed by atoms with Crippen molar-refractivity contribution < 1.29 is 33.0 Å². The van der Waals surface area contributed by atoms with Crippen molar-refractivity contribution >= 4 is 11.9 Å². The third kappa shape index (κ3) is 13.6. The summed E-state index contributed by atoms with van der Waals surface area (Å²) in [6.07, 6.45) is 12.5. The zero-order valence-corrected chi connectivity index (χ0v) is 33.6. The van der Waals surface area contributed by atoms with Crippen LogP contribution in [0.5, 0.6) is 0 Å². The maximum atomic E-state index is 13.7. The van der Waals surface area contributed by atoms with Gasteiger partial charge in [0.2, 0.25) is 0 Å². The summed E-state index contributed by atoms with van der Waals surface area (Å²) in [6, 6.07) is 26.0. The van der Waals surface area contributed by atoms with E-state index >= 15 is 0 Å². The van der Waals surface area contributed by atoms with E-state index in [1.807, 2.05) is 0 Å². The molecule has 0 unspecified atom stereocenters. The number of hydrogen-bond acceptors (Lipinski definition) is 5. The van der Waals surface area contributed by atoms with Gasteiger partial charge >= 0.3 is 5.97 Å². The molecule has 2 aliphatic heterocycles. The number of ether oxygens (including phenoxy) is 2. The van der Waals surface area contributed by atoms with Gasteiger partial charge in [0, 0.05) is 49.7 Å². The number of carboxylic acids is 1. The molecule has 4 aliphatic rings. The average Bonchev–Trinajstić information content (AvgIpc) is 4.22. The number of nitrogens with two attached hydrogens (primary N) is 1. The quantitative estimate of drug-likeness (QED) is 0.146. The summed E-state index contributed by atoms with van der Waals surface area (Å²) in [4.78, 5) is 23.3. The number of rotatable bonds is 9. The number of carboxylic acid groups (broad SMARTS) is 1. The van der Waals surface area contributed by atoms with E-state index in [9.17, 15) is 18.4 Å². The number of amides is 1. The molecule has 2 aliphatic carbocycles. The minimum Gasteiger partial charge on any atom is -0.478 e. The highest BCUT2D eigenvalue weighted by atomic mass is 19.1. The molecule has 1 amide bonds. The predicted molar refractivity (Wildman–Crippen MR) is 226 cm³/mol. The fraction of sp³-hybridized carbons (Fsp3) is 0.400. The van der Waals surface area contributed by atoms with Crippen LogP contribution in [-0.4, -0.2) is 56.5 Å². The summed E-state index contributed by atoms with van der Waals surface area (Å²) >= 11 is 0. The van der Waals surface area contributed by atoms with Gasteiger partial charge in [0.25, 0.3) is 5.91 Å². The molecule has 8 rings (SSSR count). The Balaban J connectivity index is 0.000000165. The van der Waals surface area contributed by atoms with Gasteiger partial charge in [0.15, 0.2) is 0 Å². The second-order valence-corrected chi connectivity index (χ2v) is 16.3. The molecule has 4 N–H and O–H groups in total. The lowest BCUT2D eigenvalue weighted by Crippen LogP contribution is -2.41. The van der Waals surface area contributed by atoms with Gasteiger partial charge in [-0.3, -0.25) is 4.79 Å². The molecule has 2 saturated heterocycles. The lowest BCUT2D eigenvalue weighted by molar-refractivity contribution is 0.00774. The normalized spacial score (nSPS) is 17.5. The maximum Gasteiger partial charge on any atom is 0.335 e. The van der Waals surface area contributed by atoms with Crippen LogP contribution in [0, 0.1) is 58.0 Å². The van der Waals surface area contributed by atoms with Crippen molar-refractivity contribution in [1.82, 2.24) is 5.32 Å². The van der Waals surface area contributed by atoms with Crippen LogP contribution in [0.2, 0.25) is 0 Å². The number of halogens is 2. The van der Waals surface area contributed by atoms with E-state index in [1.54, 1.807) is 72.8 Å². The standard InChI is InChI=1S/C25H26FNO2.C15H9FO2.C10H19NO/c26-23-4-2-1-3-21(23)10-7-19-8-11-22(12-9-19)24(28)27-18-25(17-20-5-6-20)13-15-29-16-14-25;16-14-4-2-1-3-12(14)8-5-11-6-9-13(10-7-11)15(17)18;11-8-10(7-9-1-2-9)3-5-12-6-4-10/h1-4,8-9,11-12,20H,5-6,13-18H2,(H,27,28);1-4,6-7,9-10H,(H,17,18);9H,1-8,11H2. The van der Waals surface area contributed by atoms with Crippen molar-refractivity contribution in [2.24, 2.45) is 28.4 Å². The van der Waals surface area contributed by atoms with Crippen LogP contribution in [-0.2, 0) is 9.47 Å². The number of benzene rings is 4. The molecule has 0 radical (unpaired) electrons. The van der Waals surface area contributed by atoms with Crippen LogP contribution in [0.4, 0.5) is 8.78 Å². The highest BCUT2D eigenvalue weighted by Crippen LogP contribution is 2.45. The first-order valence-corrected chi connectivity index (χ1v) is 20.8. The van der Waals surface area contributed by atoms with Crippen molar-refractivity contribution in [1.29, 1.82) is 0 Å². The van der Waals surface area contributed by atoms with Crippen LogP contribution in [0.25, 0.3) is 0 Å². The number of hydrogen-bond donors (Lipinski definition) is 3. The van der Waals surface area contributed by atoms with Gasteiger partial charge in [-0.2, -0.15) is 0 Å². The molecular weight excluding hydrogens is 747 g/mol. The SMILES string of the molecule is NCC1(CC2CC2)CCOCC1.O=C(NCC1(CC2CC2)CCOCC1)c1ccc(C#Cc2ccccc2F)cc1.O=C(O)c1ccc(C#Cc2ccccc2F)cc1. The van der Waals surface area contributed by atoms with Crippen LogP contribution in [0.1, 0.15) is 107 Å².